The van der Waals surface area contributed by atoms with Crippen molar-refractivity contribution >= 4 is 15.9 Å². The van der Waals surface area contributed by atoms with Gasteiger partial charge in [0.05, 0.1) is 4.47 Å². The summed E-state index contributed by atoms with van der Waals surface area (Å²) >= 11 is 3.60. The van der Waals surface area contributed by atoms with Crippen molar-refractivity contribution in [1.82, 2.24) is 10.2 Å². The Morgan fingerprint density at radius 2 is 2.05 bits per heavy atom. The molecule has 20 heavy (non-hydrogen) atoms. The number of halogens is 1. The van der Waals surface area contributed by atoms with Crippen molar-refractivity contribution in [2.45, 2.75) is 39.3 Å². The first-order chi connectivity index (χ1) is 9.74. The number of benzene rings is 1. The Morgan fingerprint density at radius 1 is 1.30 bits per heavy atom. The van der Waals surface area contributed by atoms with Gasteiger partial charge in [-0.3, -0.25) is 0 Å². The summed E-state index contributed by atoms with van der Waals surface area (Å²) in [5, 5.41) is 3.55. The second kappa shape index (κ2) is 8.01. The van der Waals surface area contributed by atoms with Gasteiger partial charge in [0.2, 0.25) is 0 Å². The van der Waals surface area contributed by atoms with Gasteiger partial charge in [-0.2, -0.15) is 0 Å². The van der Waals surface area contributed by atoms with E-state index in [1.165, 1.54) is 18.4 Å². The highest BCUT2D eigenvalue weighted by Crippen LogP contribution is 2.30. The van der Waals surface area contributed by atoms with Crippen LogP contribution in [0.5, 0.6) is 5.75 Å². The van der Waals surface area contributed by atoms with Gasteiger partial charge in [0.15, 0.2) is 0 Å². The lowest BCUT2D eigenvalue weighted by atomic mass is 10.2. The van der Waals surface area contributed by atoms with Crippen molar-refractivity contribution in [2.75, 3.05) is 26.2 Å². The van der Waals surface area contributed by atoms with E-state index in [9.17, 15) is 0 Å². The molecule has 0 aromatic heterocycles. The number of para-hydroxylation sites is 1. The van der Waals surface area contributed by atoms with Gasteiger partial charge in [-0.25, -0.2) is 0 Å². The zero-order valence-corrected chi connectivity index (χ0v) is 14.1. The summed E-state index contributed by atoms with van der Waals surface area (Å²) in [6.45, 7) is 9.13. The lowest BCUT2D eigenvalue weighted by Crippen LogP contribution is -2.28. The average Bonchev–Trinajstić information content (AvgIpc) is 3.27. The maximum atomic E-state index is 6.03. The first kappa shape index (κ1) is 15.8. The van der Waals surface area contributed by atoms with Crippen molar-refractivity contribution in [3.63, 3.8) is 0 Å². The van der Waals surface area contributed by atoms with Crippen LogP contribution in [0.4, 0.5) is 0 Å². The molecule has 1 saturated carbocycles. The molecule has 0 unspecified atom stereocenters. The third kappa shape index (κ3) is 4.76. The van der Waals surface area contributed by atoms with Crippen LogP contribution in [-0.2, 0) is 6.54 Å². The van der Waals surface area contributed by atoms with Crippen molar-refractivity contribution in [2.24, 2.45) is 0 Å². The molecule has 0 atom stereocenters. The van der Waals surface area contributed by atoms with Crippen LogP contribution in [0, 0.1) is 0 Å². The molecular formula is C16H25BrN2O. The van der Waals surface area contributed by atoms with Crippen LogP contribution in [-0.4, -0.2) is 37.2 Å². The van der Waals surface area contributed by atoms with Crippen LogP contribution in [0.15, 0.2) is 22.7 Å². The van der Waals surface area contributed by atoms with E-state index in [1.807, 2.05) is 6.07 Å². The maximum absolute atomic E-state index is 6.03. The van der Waals surface area contributed by atoms with E-state index < -0.39 is 0 Å². The summed E-state index contributed by atoms with van der Waals surface area (Å²) in [6.07, 6.45) is 2.62. The van der Waals surface area contributed by atoms with Crippen LogP contribution in [0.3, 0.4) is 0 Å². The van der Waals surface area contributed by atoms with Gasteiger partial charge in [0, 0.05) is 24.7 Å². The lowest BCUT2D eigenvalue weighted by molar-refractivity contribution is 0.220. The van der Waals surface area contributed by atoms with Crippen LogP contribution < -0.4 is 10.1 Å². The molecule has 1 fully saturated rings. The topological polar surface area (TPSA) is 24.5 Å². The standard InChI is InChI=1S/C16H25BrN2O/c1-3-19(4-2)10-11-20-16-13(6-5-7-15(16)17)12-18-14-8-9-14/h5-7,14,18H,3-4,8-12H2,1-2H3. The maximum Gasteiger partial charge on any atom is 0.138 e. The van der Waals surface area contributed by atoms with Crippen molar-refractivity contribution in [3.05, 3.63) is 28.2 Å². The van der Waals surface area contributed by atoms with Gasteiger partial charge >= 0.3 is 0 Å². The van der Waals surface area contributed by atoms with Crippen molar-refractivity contribution in [3.8, 4) is 5.75 Å². The SMILES string of the molecule is CCN(CC)CCOc1c(Br)cccc1CNC1CC1. The minimum atomic E-state index is 0.720. The van der Waals surface area contributed by atoms with Crippen LogP contribution in [0.1, 0.15) is 32.3 Å². The van der Waals surface area contributed by atoms with E-state index in [0.717, 1.165) is 49.0 Å². The number of ether oxygens (including phenoxy) is 1. The number of nitrogens with one attached hydrogen (secondary N) is 1. The fraction of sp³-hybridized carbons (Fsp3) is 0.625. The van der Waals surface area contributed by atoms with E-state index in [0.29, 0.717) is 0 Å². The lowest BCUT2D eigenvalue weighted by Gasteiger charge is -2.19. The molecule has 1 aliphatic carbocycles. The zero-order chi connectivity index (χ0) is 14.4. The molecule has 0 spiro atoms. The van der Waals surface area contributed by atoms with Gasteiger partial charge < -0.3 is 15.0 Å². The Balaban J connectivity index is 1.90. The molecule has 0 amide bonds. The highest BCUT2D eigenvalue weighted by Gasteiger charge is 2.21. The third-order valence-electron chi connectivity index (χ3n) is 3.76. The molecule has 1 N–H and O–H groups in total. The molecule has 1 aromatic rings. The smallest absolute Gasteiger partial charge is 0.138 e. The number of hydrogen-bond donors (Lipinski definition) is 1. The quantitative estimate of drug-likeness (QED) is 0.745. The molecule has 0 radical (unpaired) electrons. The first-order valence-corrected chi connectivity index (χ1v) is 8.39. The minimum Gasteiger partial charge on any atom is -0.491 e. The highest BCUT2D eigenvalue weighted by atomic mass is 79.9. The van der Waals surface area contributed by atoms with E-state index in [2.05, 4.69) is 52.1 Å². The van der Waals surface area contributed by atoms with Crippen LogP contribution in [0.2, 0.25) is 0 Å². The molecule has 0 bridgehead atoms. The van der Waals surface area contributed by atoms with Crippen molar-refractivity contribution in [1.29, 1.82) is 0 Å². The Bertz CT molecular complexity index is 417. The largest absolute Gasteiger partial charge is 0.491 e. The highest BCUT2D eigenvalue weighted by molar-refractivity contribution is 9.10. The Labute approximate surface area is 130 Å². The van der Waals surface area contributed by atoms with E-state index in [-0.39, 0.29) is 0 Å². The monoisotopic (exact) mass is 340 g/mol. The Hall–Kier alpha value is -0.580. The molecule has 0 aliphatic heterocycles. The van der Waals surface area contributed by atoms with Crippen molar-refractivity contribution < 1.29 is 4.74 Å². The van der Waals surface area contributed by atoms with Gasteiger partial charge in [-0.15, -0.1) is 0 Å². The summed E-state index contributed by atoms with van der Waals surface area (Å²) in [6, 6.07) is 6.99. The molecule has 0 saturated heterocycles. The van der Waals surface area contributed by atoms with E-state index >= 15 is 0 Å². The molecule has 4 heteroatoms. The molecule has 2 rings (SSSR count). The fourth-order valence-electron chi connectivity index (χ4n) is 2.21. The fourth-order valence-corrected chi connectivity index (χ4v) is 2.73. The molecule has 0 heterocycles. The normalized spacial score (nSPS) is 14.8. The summed E-state index contributed by atoms with van der Waals surface area (Å²) in [5.41, 5.74) is 1.24. The zero-order valence-electron chi connectivity index (χ0n) is 12.5. The molecule has 112 valence electrons. The van der Waals surface area contributed by atoms with Crippen LogP contribution >= 0.6 is 15.9 Å². The molecule has 1 aliphatic rings. The van der Waals surface area contributed by atoms with Gasteiger partial charge in [0.25, 0.3) is 0 Å². The second-order valence-corrected chi connectivity index (χ2v) is 6.11. The average molecular weight is 341 g/mol. The van der Waals surface area contributed by atoms with Gasteiger partial charge in [0.1, 0.15) is 12.4 Å². The number of nitrogens with zero attached hydrogens (tertiary/aromatic N) is 1. The summed E-state index contributed by atoms with van der Waals surface area (Å²) in [5.74, 6) is 0.993. The van der Waals surface area contributed by atoms with Gasteiger partial charge in [-0.1, -0.05) is 26.0 Å². The molecular weight excluding hydrogens is 316 g/mol. The first-order valence-electron chi connectivity index (χ1n) is 7.60. The predicted octanol–water partition coefficient (Wildman–Crippen LogP) is 3.42. The minimum absolute atomic E-state index is 0.720. The predicted molar refractivity (Wildman–Crippen MR) is 87.3 cm³/mol. The number of likely N-dealkylation sites (N-methyl/N-ethyl adjacent to an activating group) is 1. The summed E-state index contributed by atoms with van der Waals surface area (Å²) < 4.78 is 7.07. The van der Waals surface area contributed by atoms with Crippen LogP contribution in [0.25, 0.3) is 0 Å². The molecule has 3 nitrogen and oxygen atoms in total. The number of hydrogen-bond acceptors (Lipinski definition) is 3. The second-order valence-electron chi connectivity index (χ2n) is 5.26. The Morgan fingerprint density at radius 3 is 2.70 bits per heavy atom. The third-order valence-corrected chi connectivity index (χ3v) is 4.38. The molecule has 1 aromatic carbocycles. The summed E-state index contributed by atoms with van der Waals surface area (Å²) in [7, 11) is 0. The summed E-state index contributed by atoms with van der Waals surface area (Å²) in [4.78, 5) is 2.37. The van der Waals surface area contributed by atoms with E-state index in [4.69, 9.17) is 4.74 Å². The van der Waals surface area contributed by atoms with E-state index in [1.54, 1.807) is 0 Å². The number of rotatable bonds is 9. The Kier molecular flexibility index (Phi) is 6.33. The van der Waals surface area contributed by atoms with Gasteiger partial charge in [-0.05, 0) is 47.9 Å².